The number of aromatic nitrogens is 1. The molecule has 0 fully saturated rings. The van der Waals surface area contributed by atoms with Crippen LogP contribution in [0.4, 0.5) is 5.82 Å². The summed E-state index contributed by atoms with van der Waals surface area (Å²) >= 11 is 13.3. The van der Waals surface area contributed by atoms with Crippen molar-refractivity contribution in [3.05, 3.63) is 88.0 Å². The van der Waals surface area contributed by atoms with Gasteiger partial charge < -0.3 is 10.1 Å². The Balaban J connectivity index is 1.46. The molecule has 0 saturated carbocycles. The van der Waals surface area contributed by atoms with Crippen LogP contribution in [0.15, 0.2) is 71.8 Å². The summed E-state index contributed by atoms with van der Waals surface area (Å²) < 4.78 is 5.04. The van der Waals surface area contributed by atoms with Gasteiger partial charge in [-0.15, -0.1) is 11.8 Å². The molecule has 29 heavy (non-hydrogen) atoms. The molecule has 0 unspecified atom stereocenters. The maximum atomic E-state index is 12.1. The Bertz CT molecular complexity index is 978. The van der Waals surface area contributed by atoms with E-state index in [0.717, 1.165) is 16.2 Å². The van der Waals surface area contributed by atoms with Gasteiger partial charge in [-0.2, -0.15) is 0 Å². The average molecular weight is 447 g/mol. The molecule has 1 aromatic heterocycles. The van der Waals surface area contributed by atoms with Crippen LogP contribution >= 0.6 is 35.0 Å². The molecular formula is C21H16Cl2N2O3S. The van der Waals surface area contributed by atoms with Gasteiger partial charge in [0.05, 0.1) is 10.6 Å². The monoisotopic (exact) mass is 446 g/mol. The summed E-state index contributed by atoms with van der Waals surface area (Å²) in [5.41, 5.74) is 1.44. The van der Waals surface area contributed by atoms with E-state index < -0.39 is 18.5 Å². The zero-order valence-corrected chi connectivity index (χ0v) is 17.4. The second-order valence-electron chi connectivity index (χ2n) is 5.93. The van der Waals surface area contributed by atoms with E-state index in [0.29, 0.717) is 21.4 Å². The molecule has 2 aromatic carbocycles. The highest BCUT2D eigenvalue weighted by atomic mass is 35.5. The molecule has 3 rings (SSSR count). The van der Waals surface area contributed by atoms with Crippen LogP contribution in [-0.2, 0) is 15.3 Å². The normalized spacial score (nSPS) is 10.4. The predicted molar refractivity (Wildman–Crippen MR) is 116 cm³/mol. The molecule has 0 bridgehead atoms. The van der Waals surface area contributed by atoms with E-state index in [9.17, 15) is 9.59 Å². The predicted octanol–water partition coefficient (Wildman–Crippen LogP) is 5.48. The van der Waals surface area contributed by atoms with Gasteiger partial charge >= 0.3 is 5.97 Å². The van der Waals surface area contributed by atoms with Crippen molar-refractivity contribution in [1.82, 2.24) is 4.98 Å². The van der Waals surface area contributed by atoms with Crippen molar-refractivity contribution in [3.8, 4) is 0 Å². The zero-order valence-electron chi connectivity index (χ0n) is 15.1. The Hall–Kier alpha value is -2.54. The average Bonchev–Trinajstić information content (AvgIpc) is 2.74. The van der Waals surface area contributed by atoms with Crippen molar-refractivity contribution < 1.29 is 14.3 Å². The molecule has 0 spiro atoms. The fourth-order valence-corrected chi connectivity index (χ4v) is 3.37. The summed E-state index contributed by atoms with van der Waals surface area (Å²) in [5, 5.41) is 3.69. The molecule has 0 aliphatic carbocycles. The number of benzene rings is 2. The molecule has 0 aliphatic heterocycles. The third kappa shape index (κ3) is 6.78. The molecular weight excluding hydrogens is 431 g/mol. The quantitative estimate of drug-likeness (QED) is 0.384. The highest BCUT2D eigenvalue weighted by Gasteiger charge is 2.11. The first-order valence-electron chi connectivity index (χ1n) is 8.55. The largest absolute Gasteiger partial charge is 0.452 e. The summed E-state index contributed by atoms with van der Waals surface area (Å²) in [5.74, 6) is 0.0382. The minimum Gasteiger partial charge on any atom is -0.452 e. The van der Waals surface area contributed by atoms with Crippen LogP contribution in [0, 0.1) is 0 Å². The summed E-state index contributed by atoms with van der Waals surface area (Å²) in [4.78, 5) is 29.0. The van der Waals surface area contributed by atoms with Crippen molar-refractivity contribution >= 4 is 52.7 Å². The van der Waals surface area contributed by atoms with Gasteiger partial charge in [0.2, 0.25) is 0 Å². The lowest BCUT2D eigenvalue weighted by atomic mass is 10.1. The number of thioether (sulfide) groups is 1. The summed E-state index contributed by atoms with van der Waals surface area (Å²) in [6.07, 6.45) is 1.41. The lowest BCUT2D eigenvalue weighted by Crippen LogP contribution is -2.21. The van der Waals surface area contributed by atoms with Gasteiger partial charge in [0.1, 0.15) is 5.82 Å². The van der Waals surface area contributed by atoms with E-state index in [4.69, 9.17) is 27.9 Å². The molecule has 3 aromatic rings. The highest BCUT2D eigenvalue weighted by molar-refractivity contribution is 7.98. The van der Waals surface area contributed by atoms with Crippen LogP contribution in [-0.4, -0.2) is 23.5 Å². The first kappa shape index (κ1) is 21.2. The van der Waals surface area contributed by atoms with Gasteiger partial charge in [-0.05, 0) is 54.1 Å². The van der Waals surface area contributed by atoms with Crippen molar-refractivity contribution in [1.29, 1.82) is 0 Å². The first-order valence-corrected chi connectivity index (χ1v) is 10.3. The zero-order chi connectivity index (χ0) is 20.6. The molecule has 0 saturated heterocycles. The number of nitrogens with one attached hydrogen (secondary N) is 1. The summed E-state index contributed by atoms with van der Waals surface area (Å²) in [6, 6.07) is 17.9. The van der Waals surface area contributed by atoms with Crippen molar-refractivity contribution in [2.75, 3.05) is 11.9 Å². The minimum absolute atomic E-state index is 0.331. The number of carbonyl (C=O) groups excluding carboxylic acids is 2. The van der Waals surface area contributed by atoms with Crippen LogP contribution in [0.25, 0.3) is 0 Å². The smallest absolute Gasteiger partial charge is 0.338 e. The van der Waals surface area contributed by atoms with Gasteiger partial charge in [-0.3, -0.25) is 4.79 Å². The second-order valence-corrected chi connectivity index (χ2v) is 7.85. The van der Waals surface area contributed by atoms with Gasteiger partial charge in [-0.1, -0.05) is 35.3 Å². The number of carbonyl (C=O) groups is 2. The number of hydrogen-bond acceptors (Lipinski definition) is 5. The van der Waals surface area contributed by atoms with Crippen molar-refractivity contribution in [3.63, 3.8) is 0 Å². The van der Waals surface area contributed by atoms with Gasteiger partial charge in [-0.25, -0.2) is 9.78 Å². The minimum atomic E-state index is -0.568. The van der Waals surface area contributed by atoms with E-state index in [1.807, 2.05) is 36.4 Å². The Morgan fingerprint density at radius 3 is 2.28 bits per heavy atom. The molecule has 8 heteroatoms. The Kier molecular flexibility index (Phi) is 7.52. The Morgan fingerprint density at radius 2 is 1.62 bits per heavy atom. The van der Waals surface area contributed by atoms with Gasteiger partial charge in [0.15, 0.2) is 6.61 Å². The van der Waals surface area contributed by atoms with Gasteiger partial charge in [0, 0.05) is 21.9 Å². The van der Waals surface area contributed by atoms with Crippen LogP contribution in [0.2, 0.25) is 10.0 Å². The fourth-order valence-electron chi connectivity index (χ4n) is 2.28. The molecule has 1 amide bonds. The van der Waals surface area contributed by atoms with Gasteiger partial charge in [0.25, 0.3) is 5.91 Å². The van der Waals surface area contributed by atoms with E-state index >= 15 is 0 Å². The lowest BCUT2D eigenvalue weighted by molar-refractivity contribution is -0.119. The number of amides is 1. The molecule has 1 heterocycles. The van der Waals surface area contributed by atoms with Crippen molar-refractivity contribution in [2.24, 2.45) is 0 Å². The topological polar surface area (TPSA) is 68.3 Å². The molecule has 1 N–H and O–H groups in total. The van der Waals surface area contributed by atoms with Crippen LogP contribution < -0.4 is 5.32 Å². The number of rotatable bonds is 7. The van der Waals surface area contributed by atoms with Crippen molar-refractivity contribution in [2.45, 2.75) is 10.6 Å². The van der Waals surface area contributed by atoms with Crippen LogP contribution in [0.3, 0.4) is 0 Å². The lowest BCUT2D eigenvalue weighted by Gasteiger charge is -2.07. The van der Waals surface area contributed by atoms with Crippen LogP contribution in [0.1, 0.15) is 15.9 Å². The number of pyridine rings is 1. The molecule has 0 aliphatic rings. The maximum absolute atomic E-state index is 12.1. The first-order chi connectivity index (χ1) is 14.0. The molecule has 5 nitrogen and oxygen atoms in total. The van der Waals surface area contributed by atoms with E-state index in [1.54, 1.807) is 36.0 Å². The summed E-state index contributed by atoms with van der Waals surface area (Å²) in [7, 11) is 0. The molecule has 0 atom stereocenters. The number of ether oxygens (including phenoxy) is 1. The standard InChI is InChI=1S/C21H16Cl2N2O3S/c22-16-5-8-18(9-6-16)29-13-14-1-3-15(4-2-14)21(27)28-12-20(26)25-19-10-7-17(23)11-24-19/h1-11H,12-13H2,(H,24,25,26). The van der Waals surface area contributed by atoms with E-state index in [-0.39, 0.29) is 0 Å². The fraction of sp³-hybridized carbons (Fsp3) is 0.0952. The third-order valence-electron chi connectivity index (χ3n) is 3.74. The summed E-state index contributed by atoms with van der Waals surface area (Å²) in [6.45, 7) is -0.405. The highest BCUT2D eigenvalue weighted by Crippen LogP contribution is 2.24. The second kappa shape index (κ2) is 10.3. The van der Waals surface area contributed by atoms with Crippen LogP contribution in [0.5, 0.6) is 0 Å². The number of esters is 1. The third-order valence-corrected chi connectivity index (χ3v) is 5.30. The Morgan fingerprint density at radius 1 is 0.931 bits per heavy atom. The Labute approximate surface area is 182 Å². The number of hydrogen-bond donors (Lipinski definition) is 1. The number of nitrogens with zero attached hydrogens (tertiary/aromatic N) is 1. The van der Waals surface area contributed by atoms with E-state index in [1.165, 1.54) is 6.20 Å². The SMILES string of the molecule is O=C(COC(=O)c1ccc(CSc2ccc(Cl)cc2)cc1)Nc1ccc(Cl)cn1. The van der Waals surface area contributed by atoms with E-state index in [2.05, 4.69) is 10.3 Å². The molecule has 0 radical (unpaired) electrons. The number of halogens is 2. The molecule has 148 valence electrons. The maximum Gasteiger partial charge on any atom is 0.338 e. The number of anilines is 1.